The van der Waals surface area contributed by atoms with E-state index in [1.54, 1.807) is 12.4 Å². The third-order valence-electron chi connectivity index (χ3n) is 4.06. The van der Waals surface area contributed by atoms with Crippen LogP contribution in [0.15, 0.2) is 67.0 Å². The molecule has 8 heteroatoms. The van der Waals surface area contributed by atoms with E-state index in [1.807, 2.05) is 61.5 Å². The maximum atomic E-state index is 5.90. The van der Waals surface area contributed by atoms with Crippen molar-refractivity contribution in [1.82, 2.24) is 19.9 Å². The first-order valence-electron chi connectivity index (χ1n) is 8.89. The van der Waals surface area contributed by atoms with Crippen LogP contribution in [0.4, 0.5) is 17.5 Å². The fraction of sp³-hybridized carbons (Fsp3) is 0.0476. The molecule has 0 spiro atoms. The second-order valence-electron chi connectivity index (χ2n) is 6.35. The van der Waals surface area contributed by atoms with Gasteiger partial charge in [-0.05, 0) is 13.0 Å². The van der Waals surface area contributed by atoms with Crippen LogP contribution >= 0.6 is 0 Å². The molecule has 0 aliphatic heterocycles. The minimum absolute atomic E-state index is 0.197. The van der Waals surface area contributed by atoms with Crippen molar-refractivity contribution < 1.29 is 4.74 Å². The van der Waals surface area contributed by atoms with Gasteiger partial charge in [0, 0.05) is 18.0 Å². The molecule has 3 aromatic heterocycles. The normalized spacial score (nSPS) is 10.6. The molecule has 0 amide bonds. The van der Waals surface area contributed by atoms with Gasteiger partial charge >= 0.3 is 130 Å². The van der Waals surface area contributed by atoms with E-state index in [0.29, 0.717) is 11.5 Å². The summed E-state index contributed by atoms with van der Waals surface area (Å²) in [5.41, 5.74) is 9.27. The van der Waals surface area contributed by atoms with Crippen LogP contribution in [0.3, 0.4) is 0 Å². The Morgan fingerprint density at radius 1 is 0.931 bits per heavy atom. The summed E-state index contributed by atoms with van der Waals surface area (Å²) < 4.78 is 6.86. The molecule has 0 bridgehead atoms. The first-order chi connectivity index (χ1) is 14.0. The molecule has 0 aliphatic carbocycles. The zero-order chi connectivity index (χ0) is 20.2. The summed E-state index contributed by atoms with van der Waals surface area (Å²) in [6, 6.07) is 17.1. The first kappa shape index (κ1) is 18.9. The van der Waals surface area contributed by atoms with E-state index >= 15 is 0 Å². The van der Waals surface area contributed by atoms with Crippen LogP contribution in [0.25, 0.3) is 11.3 Å². The topological polar surface area (TPSA) is 98.8 Å². The molecule has 7 nitrogen and oxygen atoms in total. The number of hydrogen-bond acceptors (Lipinski definition) is 7. The minimum Gasteiger partial charge on any atom is -0.261 e. The van der Waals surface area contributed by atoms with E-state index in [0.717, 1.165) is 32.9 Å². The predicted octanol–water partition coefficient (Wildman–Crippen LogP) is 2.62. The Morgan fingerprint density at radius 3 is 2.48 bits per heavy atom. The summed E-state index contributed by atoms with van der Waals surface area (Å²) in [6.07, 6.45) is 3.51. The van der Waals surface area contributed by atoms with Crippen molar-refractivity contribution in [3.8, 4) is 22.8 Å². The maximum absolute atomic E-state index is 5.90. The number of aromatic nitrogens is 4. The molecule has 0 radical (unpaired) electrons. The molecule has 3 N–H and O–H groups in total. The Morgan fingerprint density at radius 2 is 1.76 bits per heavy atom. The minimum atomic E-state index is 0.197. The second-order valence-corrected chi connectivity index (χ2v) is 7.59. The molecule has 3 heterocycles. The molecule has 4 rings (SSSR count). The molecule has 0 fully saturated rings. The number of ether oxygens (including phenoxy) is 1. The van der Waals surface area contributed by atoms with Crippen LogP contribution in [-0.2, 0) is 0 Å². The van der Waals surface area contributed by atoms with Crippen molar-refractivity contribution in [2.24, 2.45) is 0 Å². The van der Waals surface area contributed by atoms with Gasteiger partial charge in [0.05, 0.1) is 0 Å². The molecule has 1 aromatic carbocycles. The number of anilines is 3. The Kier molecular flexibility index (Phi) is 5.40. The van der Waals surface area contributed by atoms with E-state index in [2.05, 4.69) is 25.3 Å². The molecule has 1 unspecified atom stereocenters. The molecule has 0 aliphatic rings. The molecular weight excluding hydrogens is 427 g/mol. The zero-order valence-corrected chi connectivity index (χ0v) is 18.1. The fourth-order valence-electron chi connectivity index (χ4n) is 2.71. The number of nitrogens with zero attached hydrogens (tertiary/aromatic N) is 4. The number of rotatable bonds is 5. The molecule has 0 saturated carbocycles. The third-order valence-corrected chi connectivity index (χ3v) is 4.77. The Hall–Kier alpha value is -3.44. The summed E-state index contributed by atoms with van der Waals surface area (Å²) in [7, 11) is 0. The van der Waals surface area contributed by atoms with Crippen molar-refractivity contribution in [3.63, 3.8) is 0 Å². The zero-order valence-electron chi connectivity index (χ0n) is 15.7. The van der Waals surface area contributed by atoms with Crippen LogP contribution in [0.1, 0.15) is 5.69 Å². The van der Waals surface area contributed by atoms with E-state index < -0.39 is 0 Å². The number of benzene rings is 1. The third kappa shape index (κ3) is 4.89. The van der Waals surface area contributed by atoms with Crippen LogP contribution in [-0.4, -0.2) is 36.8 Å². The quantitative estimate of drug-likeness (QED) is 0.455. The number of nitrogens with one attached hydrogen (secondary N) is 1. The van der Waals surface area contributed by atoms with Crippen molar-refractivity contribution in [3.05, 3.63) is 72.7 Å². The fourth-order valence-corrected chi connectivity index (χ4v) is 3.07. The van der Waals surface area contributed by atoms with Gasteiger partial charge in [0.15, 0.2) is 0 Å². The van der Waals surface area contributed by atoms with E-state index in [4.69, 9.17) is 10.5 Å². The largest absolute Gasteiger partial charge is 0.261 e. The summed E-state index contributed by atoms with van der Waals surface area (Å²) in [5.74, 6) is 2.29. The molecule has 29 heavy (non-hydrogen) atoms. The number of pyridine rings is 2. The van der Waals surface area contributed by atoms with Crippen molar-refractivity contribution >= 4 is 38.8 Å². The number of nitrogen functional groups attached to an aromatic ring is 1. The van der Waals surface area contributed by atoms with Crippen LogP contribution in [0.5, 0.6) is 11.5 Å². The van der Waals surface area contributed by atoms with Gasteiger partial charge in [-0.1, -0.05) is 0 Å². The first-order valence-corrected chi connectivity index (χ1v) is 10.1. The Bertz CT molecular complexity index is 1130. The van der Waals surface area contributed by atoms with Gasteiger partial charge in [0.25, 0.3) is 0 Å². The average Bonchev–Trinajstić information content (AvgIpc) is 2.70. The van der Waals surface area contributed by atoms with E-state index in [1.165, 1.54) is 16.9 Å². The Balaban J connectivity index is 1.51. The van der Waals surface area contributed by atoms with E-state index in [9.17, 15) is 0 Å². The van der Waals surface area contributed by atoms with Gasteiger partial charge in [0.1, 0.15) is 5.75 Å². The van der Waals surface area contributed by atoms with Gasteiger partial charge in [0.2, 0.25) is 0 Å². The van der Waals surface area contributed by atoms with Gasteiger partial charge < -0.3 is 4.74 Å². The molecule has 0 saturated heterocycles. The summed E-state index contributed by atoms with van der Waals surface area (Å²) >= 11 is 1.48. The predicted molar refractivity (Wildman–Crippen MR) is 117 cm³/mol. The molecule has 4 aromatic rings. The summed E-state index contributed by atoms with van der Waals surface area (Å²) in [4.78, 5) is 17.1. The molecular formula is C21H19AsN6O. The van der Waals surface area contributed by atoms with Crippen LogP contribution in [0, 0.1) is 6.92 Å². The molecule has 1 atom stereocenters. The monoisotopic (exact) mass is 446 g/mol. The van der Waals surface area contributed by atoms with Gasteiger partial charge in [-0.2, -0.15) is 0 Å². The van der Waals surface area contributed by atoms with Gasteiger partial charge in [-0.3, -0.25) is 4.98 Å². The summed E-state index contributed by atoms with van der Waals surface area (Å²) in [5, 5.41) is 3.25. The van der Waals surface area contributed by atoms with Gasteiger partial charge in [-0.25, -0.2) is 0 Å². The van der Waals surface area contributed by atoms with Crippen molar-refractivity contribution in [1.29, 1.82) is 0 Å². The van der Waals surface area contributed by atoms with Crippen LogP contribution < -0.4 is 20.3 Å². The van der Waals surface area contributed by atoms with Crippen LogP contribution in [0.2, 0.25) is 0 Å². The van der Waals surface area contributed by atoms with Gasteiger partial charge in [-0.15, -0.1) is 0 Å². The Labute approximate surface area is 176 Å². The SMILES string of the molecule is Cc1cc(Oc2ccc(Nc3cc(-c4ccc([AsH2])nc4)nc(N)n3)cc2)ccn1. The van der Waals surface area contributed by atoms with E-state index in [-0.39, 0.29) is 5.95 Å². The number of nitrogens with two attached hydrogens (primary N) is 1. The van der Waals surface area contributed by atoms with Crippen molar-refractivity contribution in [2.75, 3.05) is 11.1 Å². The van der Waals surface area contributed by atoms with Crippen molar-refractivity contribution in [2.45, 2.75) is 6.92 Å². The smallest absolute Gasteiger partial charge is 0.0308 e. The maximum Gasteiger partial charge on any atom is 0.0308 e. The molecule has 144 valence electrons. The number of aryl methyl sites for hydroxylation is 1. The number of hydrogen-bond donors (Lipinski definition) is 2. The average molecular weight is 446 g/mol. The summed E-state index contributed by atoms with van der Waals surface area (Å²) in [6.45, 7) is 1.93. The standard InChI is InChI=1S/C21H19AsN6O/c1-13-10-17(8-9-24-13)29-16-5-3-15(4-6-16)26-20-11-18(27-21(23)28-20)14-2-7-19(22)25-12-14/h2-12H,22H2,1H3,(H3,23,26,27,28). The second kappa shape index (κ2) is 8.29.